The van der Waals surface area contributed by atoms with Gasteiger partial charge in [0.05, 0.1) is 10.9 Å². The van der Waals surface area contributed by atoms with Gasteiger partial charge in [0.2, 0.25) is 15.9 Å². The first-order chi connectivity index (χ1) is 10.5. The fourth-order valence-corrected chi connectivity index (χ4v) is 3.02. The van der Waals surface area contributed by atoms with Crippen LogP contribution in [0.25, 0.3) is 0 Å². The van der Waals surface area contributed by atoms with Crippen molar-refractivity contribution >= 4 is 15.9 Å². The van der Waals surface area contributed by atoms with Crippen LogP contribution in [0.3, 0.4) is 0 Å². The van der Waals surface area contributed by atoms with E-state index in [0.717, 1.165) is 5.56 Å². The molecule has 0 aliphatic heterocycles. The van der Waals surface area contributed by atoms with Gasteiger partial charge in [-0.05, 0) is 30.7 Å². The minimum atomic E-state index is -3.71. The smallest absolute Gasteiger partial charge is 0.241 e. The Bertz CT molecular complexity index is 718. The van der Waals surface area contributed by atoms with E-state index in [9.17, 15) is 13.2 Å². The number of nitrogens with zero attached hydrogens (tertiary/aromatic N) is 1. The van der Waals surface area contributed by atoms with Gasteiger partial charge in [0.15, 0.2) is 0 Å². The van der Waals surface area contributed by atoms with Crippen LogP contribution in [0.4, 0.5) is 0 Å². The highest BCUT2D eigenvalue weighted by molar-refractivity contribution is 7.89. The molecule has 0 saturated heterocycles. The zero-order valence-electron chi connectivity index (χ0n) is 12.1. The van der Waals surface area contributed by atoms with Crippen LogP contribution in [-0.4, -0.2) is 25.4 Å². The van der Waals surface area contributed by atoms with E-state index in [4.69, 9.17) is 0 Å². The molecule has 1 aromatic carbocycles. The van der Waals surface area contributed by atoms with Crippen LogP contribution in [0.1, 0.15) is 12.5 Å². The molecular weight excluding hydrogens is 302 g/mol. The molecule has 2 rings (SSSR count). The van der Waals surface area contributed by atoms with Crippen molar-refractivity contribution in [3.8, 4) is 0 Å². The van der Waals surface area contributed by atoms with Crippen LogP contribution in [0.2, 0.25) is 0 Å². The first-order valence-electron chi connectivity index (χ1n) is 6.73. The van der Waals surface area contributed by atoms with Gasteiger partial charge in [-0.25, -0.2) is 8.42 Å². The summed E-state index contributed by atoms with van der Waals surface area (Å²) in [5, 5.41) is 2.67. The summed E-state index contributed by atoms with van der Waals surface area (Å²) in [6, 6.07) is 10.6. The predicted octanol–water partition coefficient (Wildman–Crippen LogP) is 1.06. The second-order valence-corrected chi connectivity index (χ2v) is 6.45. The van der Waals surface area contributed by atoms with Gasteiger partial charge in [0.25, 0.3) is 0 Å². The second-order valence-electron chi connectivity index (χ2n) is 4.74. The van der Waals surface area contributed by atoms with Gasteiger partial charge in [-0.3, -0.25) is 9.78 Å². The SMILES string of the molecule is CC(NS(=O)(=O)c1ccccc1)C(=O)NCc1cccnc1. The van der Waals surface area contributed by atoms with Gasteiger partial charge in [-0.2, -0.15) is 4.72 Å². The number of rotatable bonds is 6. The highest BCUT2D eigenvalue weighted by atomic mass is 32.2. The van der Waals surface area contributed by atoms with Crippen molar-refractivity contribution in [2.75, 3.05) is 0 Å². The molecule has 0 radical (unpaired) electrons. The summed E-state index contributed by atoms with van der Waals surface area (Å²) < 4.78 is 26.6. The number of benzene rings is 1. The molecule has 0 aliphatic carbocycles. The molecule has 7 heteroatoms. The normalized spacial score (nSPS) is 12.6. The Morgan fingerprint density at radius 2 is 1.91 bits per heavy atom. The summed E-state index contributed by atoms with van der Waals surface area (Å²) in [4.78, 5) is 16.0. The molecule has 116 valence electrons. The van der Waals surface area contributed by atoms with Crippen molar-refractivity contribution in [1.29, 1.82) is 0 Å². The Labute approximate surface area is 129 Å². The Kier molecular flexibility index (Phi) is 5.24. The number of amides is 1. The van der Waals surface area contributed by atoms with Gasteiger partial charge < -0.3 is 5.32 Å². The first kappa shape index (κ1) is 16.1. The van der Waals surface area contributed by atoms with E-state index in [1.165, 1.54) is 19.1 Å². The third-order valence-electron chi connectivity index (χ3n) is 2.97. The van der Waals surface area contributed by atoms with Gasteiger partial charge in [-0.1, -0.05) is 24.3 Å². The number of carbonyl (C=O) groups excluding carboxylic acids is 1. The third-order valence-corrected chi connectivity index (χ3v) is 4.52. The zero-order valence-corrected chi connectivity index (χ0v) is 12.9. The van der Waals surface area contributed by atoms with Crippen molar-refractivity contribution < 1.29 is 13.2 Å². The van der Waals surface area contributed by atoms with Crippen molar-refractivity contribution in [2.45, 2.75) is 24.4 Å². The van der Waals surface area contributed by atoms with Crippen molar-refractivity contribution in [2.24, 2.45) is 0 Å². The second kappa shape index (κ2) is 7.15. The van der Waals surface area contributed by atoms with Crippen LogP contribution in [0.5, 0.6) is 0 Å². The van der Waals surface area contributed by atoms with Crippen LogP contribution in [0.15, 0.2) is 59.8 Å². The lowest BCUT2D eigenvalue weighted by Crippen LogP contribution is -2.44. The number of nitrogens with one attached hydrogen (secondary N) is 2. The average molecular weight is 319 g/mol. The van der Waals surface area contributed by atoms with Crippen molar-refractivity contribution in [3.63, 3.8) is 0 Å². The van der Waals surface area contributed by atoms with E-state index < -0.39 is 22.0 Å². The minimum absolute atomic E-state index is 0.127. The molecule has 0 saturated carbocycles. The van der Waals surface area contributed by atoms with Crippen molar-refractivity contribution in [3.05, 3.63) is 60.4 Å². The maximum atomic E-state index is 12.1. The van der Waals surface area contributed by atoms with E-state index in [2.05, 4.69) is 15.0 Å². The fourth-order valence-electron chi connectivity index (χ4n) is 1.80. The largest absolute Gasteiger partial charge is 0.351 e. The fraction of sp³-hybridized carbons (Fsp3) is 0.200. The number of hydrogen-bond acceptors (Lipinski definition) is 4. The lowest BCUT2D eigenvalue weighted by molar-refractivity contribution is -0.122. The quantitative estimate of drug-likeness (QED) is 0.833. The van der Waals surface area contributed by atoms with Gasteiger partial charge in [-0.15, -0.1) is 0 Å². The number of carbonyl (C=O) groups is 1. The molecule has 22 heavy (non-hydrogen) atoms. The summed E-state index contributed by atoms with van der Waals surface area (Å²) in [5.74, 6) is -0.400. The molecule has 0 aliphatic rings. The Hall–Kier alpha value is -2.25. The van der Waals surface area contributed by atoms with Crippen molar-refractivity contribution in [1.82, 2.24) is 15.0 Å². The van der Waals surface area contributed by atoms with Crippen LogP contribution >= 0.6 is 0 Å². The summed E-state index contributed by atoms with van der Waals surface area (Å²) in [7, 11) is -3.71. The van der Waals surface area contributed by atoms with Crippen LogP contribution in [-0.2, 0) is 21.4 Å². The molecule has 2 aromatic rings. The first-order valence-corrected chi connectivity index (χ1v) is 8.21. The highest BCUT2D eigenvalue weighted by Crippen LogP contribution is 2.08. The third kappa shape index (κ3) is 4.37. The molecule has 2 N–H and O–H groups in total. The molecule has 6 nitrogen and oxygen atoms in total. The molecule has 0 spiro atoms. The molecule has 1 unspecified atom stereocenters. The van der Waals surface area contributed by atoms with E-state index >= 15 is 0 Å². The molecule has 0 bridgehead atoms. The van der Waals surface area contributed by atoms with Gasteiger partial charge in [0.1, 0.15) is 0 Å². The summed E-state index contributed by atoms with van der Waals surface area (Å²) in [5.41, 5.74) is 0.842. The summed E-state index contributed by atoms with van der Waals surface area (Å²) in [6.45, 7) is 1.79. The number of pyridine rings is 1. The molecule has 0 fully saturated rings. The predicted molar refractivity (Wildman–Crippen MR) is 82.3 cm³/mol. The standard InChI is InChI=1S/C15H17N3O3S/c1-12(15(19)17-11-13-6-5-9-16-10-13)18-22(20,21)14-7-3-2-4-8-14/h2-10,12,18H,11H2,1H3,(H,17,19). The van der Waals surface area contributed by atoms with Crippen LogP contribution in [0, 0.1) is 0 Å². The zero-order chi connectivity index (χ0) is 16.0. The summed E-state index contributed by atoms with van der Waals surface area (Å²) >= 11 is 0. The summed E-state index contributed by atoms with van der Waals surface area (Å²) in [6.07, 6.45) is 3.28. The van der Waals surface area contributed by atoms with E-state index in [1.807, 2.05) is 6.07 Å². The van der Waals surface area contributed by atoms with Gasteiger partial charge in [0, 0.05) is 18.9 Å². The number of aromatic nitrogens is 1. The Balaban J connectivity index is 1.94. The average Bonchev–Trinajstić information content (AvgIpc) is 2.54. The molecule has 1 amide bonds. The van der Waals surface area contributed by atoms with Crippen LogP contribution < -0.4 is 10.0 Å². The highest BCUT2D eigenvalue weighted by Gasteiger charge is 2.21. The number of hydrogen-bond donors (Lipinski definition) is 2. The van der Waals surface area contributed by atoms with E-state index in [0.29, 0.717) is 6.54 Å². The lowest BCUT2D eigenvalue weighted by Gasteiger charge is -2.14. The topological polar surface area (TPSA) is 88.2 Å². The number of sulfonamides is 1. The van der Waals surface area contributed by atoms with E-state index in [1.54, 1.807) is 36.7 Å². The Morgan fingerprint density at radius 3 is 2.55 bits per heavy atom. The lowest BCUT2D eigenvalue weighted by atomic mass is 10.2. The molecular formula is C15H17N3O3S. The Morgan fingerprint density at radius 1 is 1.18 bits per heavy atom. The maximum Gasteiger partial charge on any atom is 0.241 e. The monoisotopic (exact) mass is 319 g/mol. The molecule has 1 atom stereocenters. The molecule has 1 aromatic heterocycles. The maximum absolute atomic E-state index is 12.1. The minimum Gasteiger partial charge on any atom is -0.351 e. The molecule has 1 heterocycles. The van der Waals surface area contributed by atoms with Gasteiger partial charge >= 0.3 is 0 Å². The van der Waals surface area contributed by atoms with E-state index in [-0.39, 0.29) is 4.90 Å².